The zero-order valence-electron chi connectivity index (χ0n) is 18.1. The summed E-state index contributed by atoms with van der Waals surface area (Å²) in [6, 6.07) is 8.33. The average Bonchev–Trinajstić information content (AvgIpc) is 3.37. The Bertz CT molecular complexity index is 972. The number of benzene rings is 1. The van der Waals surface area contributed by atoms with E-state index in [1.807, 2.05) is 38.1 Å². The molecule has 1 aliphatic rings. The van der Waals surface area contributed by atoms with Gasteiger partial charge in [0.2, 0.25) is 5.91 Å². The Morgan fingerprint density at radius 2 is 2.00 bits per heavy atom. The minimum absolute atomic E-state index is 0.0213. The number of rotatable bonds is 8. The smallest absolute Gasteiger partial charge is 0.268 e. The Balaban J connectivity index is 1.72. The molecule has 1 saturated heterocycles. The Morgan fingerprint density at radius 3 is 2.62 bits per heavy atom. The second-order valence-corrected chi connectivity index (χ2v) is 8.58. The molecule has 1 fully saturated rings. The number of para-hydroxylation sites is 1. The highest BCUT2D eigenvalue weighted by atomic mass is 35.5. The first-order chi connectivity index (χ1) is 15.3. The highest BCUT2D eigenvalue weighted by Crippen LogP contribution is 2.16. The van der Waals surface area contributed by atoms with Crippen LogP contribution in [0.1, 0.15) is 37.2 Å². The Kier molecular flexibility index (Phi) is 7.74. The van der Waals surface area contributed by atoms with E-state index in [4.69, 9.17) is 11.6 Å². The summed E-state index contributed by atoms with van der Waals surface area (Å²) in [5, 5.41) is 7.43. The lowest BCUT2D eigenvalue weighted by Crippen LogP contribution is -2.56. The Labute approximate surface area is 191 Å². The van der Waals surface area contributed by atoms with Gasteiger partial charge in [0, 0.05) is 17.4 Å². The van der Waals surface area contributed by atoms with Crippen molar-refractivity contribution in [1.29, 1.82) is 0 Å². The van der Waals surface area contributed by atoms with E-state index >= 15 is 0 Å². The van der Waals surface area contributed by atoms with Crippen molar-refractivity contribution < 1.29 is 19.2 Å². The van der Waals surface area contributed by atoms with Crippen LogP contribution in [0.15, 0.2) is 30.3 Å². The molecular weight excluding hydrogens is 434 g/mol. The second kappa shape index (κ2) is 10.5. The highest BCUT2D eigenvalue weighted by molar-refractivity contribution is 6.27. The van der Waals surface area contributed by atoms with Crippen LogP contribution in [0.4, 0.5) is 0 Å². The predicted molar refractivity (Wildman–Crippen MR) is 121 cm³/mol. The molecule has 0 aliphatic carbocycles. The van der Waals surface area contributed by atoms with Crippen LogP contribution in [0.25, 0.3) is 10.9 Å². The van der Waals surface area contributed by atoms with Gasteiger partial charge in [-0.05, 0) is 30.9 Å². The first-order valence-electron chi connectivity index (χ1n) is 10.6. The monoisotopic (exact) mass is 461 g/mol. The molecule has 3 rings (SSSR count). The largest absolute Gasteiger partial charge is 0.356 e. The van der Waals surface area contributed by atoms with Gasteiger partial charge in [-0.2, -0.15) is 0 Å². The van der Waals surface area contributed by atoms with Gasteiger partial charge in [-0.3, -0.25) is 29.6 Å². The quantitative estimate of drug-likeness (QED) is 0.351. The molecule has 0 bridgehead atoms. The van der Waals surface area contributed by atoms with E-state index in [1.54, 1.807) is 6.07 Å². The van der Waals surface area contributed by atoms with Crippen LogP contribution in [0, 0.1) is 11.8 Å². The maximum atomic E-state index is 13.0. The Morgan fingerprint density at radius 1 is 1.25 bits per heavy atom. The lowest BCUT2D eigenvalue weighted by atomic mass is 10.0. The van der Waals surface area contributed by atoms with Crippen molar-refractivity contribution in [3.63, 3.8) is 0 Å². The van der Waals surface area contributed by atoms with Gasteiger partial charge in [0.05, 0.1) is 12.5 Å². The van der Waals surface area contributed by atoms with Crippen LogP contribution in [0.3, 0.4) is 0 Å². The summed E-state index contributed by atoms with van der Waals surface area (Å²) in [5.74, 6) is -2.32. The number of H-pyrrole nitrogens is 1. The highest BCUT2D eigenvalue weighted by Gasteiger charge is 2.31. The van der Waals surface area contributed by atoms with Crippen molar-refractivity contribution in [1.82, 2.24) is 26.1 Å². The van der Waals surface area contributed by atoms with Gasteiger partial charge in [-0.15, -0.1) is 11.6 Å². The van der Waals surface area contributed by atoms with Gasteiger partial charge in [0.15, 0.2) is 0 Å². The fourth-order valence-corrected chi connectivity index (χ4v) is 3.81. The molecule has 2 atom stereocenters. The third-order valence-electron chi connectivity index (χ3n) is 5.33. The van der Waals surface area contributed by atoms with Crippen molar-refractivity contribution in [3.8, 4) is 0 Å². The van der Waals surface area contributed by atoms with Gasteiger partial charge in [0.1, 0.15) is 17.6 Å². The normalized spacial score (nSPS) is 16.6. The van der Waals surface area contributed by atoms with E-state index in [-0.39, 0.29) is 24.2 Å². The number of hydrogen-bond acceptors (Lipinski definition) is 4. The van der Waals surface area contributed by atoms with Gasteiger partial charge in [-0.1, -0.05) is 32.0 Å². The number of hydrogen-bond donors (Lipinski definition) is 4. The number of hydrazine groups is 1. The summed E-state index contributed by atoms with van der Waals surface area (Å²) >= 11 is 5.70. The Hall–Kier alpha value is -3.07. The molecule has 9 nitrogen and oxygen atoms in total. The number of aromatic nitrogens is 1. The molecule has 1 aromatic heterocycles. The van der Waals surface area contributed by atoms with Crippen LogP contribution in [0.5, 0.6) is 0 Å². The lowest BCUT2D eigenvalue weighted by Gasteiger charge is -2.28. The molecular formula is C22H28ClN5O4. The number of aromatic amines is 1. The topological polar surface area (TPSA) is 123 Å². The molecule has 1 unspecified atom stereocenters. The molecule has 0 saturated carbocycles. The number of amides is 4. The zero-order valence-corrected chi connectivity index (χ0v) is 18.9. The summed E-state index contributed by atoms with van der Waals surface area (Å²) in [4.78, 5) is 53.1. The lowest BCUT2D eigenvalue weighted by molar-refractivity contribution is -0.142. The van der Waals surface area contributed by atoms with Gasteiger partial charge >= 0.3 is 0 Å². The van der Waals surface area contributed by atoms with Crippen molar-refractivity contribution >= 4 is 46.1 Å². The summed E-state index contributed by atoms with van der Waals surface area (Å²) in [6.45, 7) is 4.41. The minimum atomic E-state index is -0.878. The molecule has 32 heavy (non-hydrogen) atoms. The molecule has 4 amide bonds. The standard InChI is InChI=1S/C22H28ClN5O4/c1-13(2)9-17(26-21(31)18-10-14-5-3-4-6-16(14)25-18)22(32)27-28(19(29)11-23)12-15-7-8-24-20(15)30/h3-6,10,13,15,17,25H,7-9,11-12H2,1-2H3,(H,24,30)(H,26,31)(H,27,32)/t15?,17-/m0/s1. The molecule has 1 aromatic carbocycles. The van der Waals surface area contributed by atoms with Crippen molar-refractivity contribution in [3.05, 3.63) is 36.0 Å². The summed E-state index contributed by atoms with van der Waals surface area (Å²) in [5.41, 5.74) is 3.71. The molecule has 2 heterocycles. The third-order valence-corrected chi connectivity index (χ3v) is 5.56. The summed E-state index contributed by atoms with van der Waals surface area (Å²) < 4.78 is 0. The SMILES string of the molecule is CC(C)C[C@H](NC(=O)c1cc2ccccc2[nH]1)C(=O)NN(CC1CCNC1=O)C(=O)CCl. The zero-order chi connectivity index (χ0) is 23.3. The van der Waals surface area contributed by atoms with Crippen molar-refractivity contribution in [2.24, 2.45) is 11.8 Å². The molecule has 0 spiro atoms. The van der Waals surface area contributed by atoms with E-state index in [9.17, 15) is 19.2 Å². The van der Waals surface area contributed by atoms with Gasteiger partial charge < -0.3 is 15.6 Å². The number of alkyl halides is 1. The first-order valence-corrected chi connectivity index (χ1v) is 11.1. The average molecular weight is 462 g/mol. The molecule has 1 aliphatic heterocycles. The third kappa shape index (κ3) is 5.79. The van der Waals surface area contributed by atoms with Crippen molar-refractivity contribution in [2.45, 2.75) is 32.7 Å². The second-order valence-electron chi connectivity index (χ2n) is 8.32. The summed E-state index contributed by atoms with van der Waals surface area (Å²) in [6.07, 6.45) is 0.929. The fourth-order valence-electron chi connectivity index (χ4n) is 3.67. The van der Waals surface area contributed by atoms with E-state index in [0.29, 0.717) is 25.1 Å². The van der Waals surface area contributed by atoms with Crippen LogP contribution >= 0.6 is 11.6 Å². The molecule has 4 N–H and O–H groups in total. The van der Waals surface area contributed by atoms with E-state index in [0.717, 1.165) is 15.9 Å². The first kappa shape index (κ1) is 23.6. The molecule has 10 heteroatoms. The van der Waals surface area contributed by atoms with Crippen LogP contribution < -0.4 is 16.1 Å². The van der Waals surface area contributed by atoms with Gasteiger partial charge in [-0.25, -0.2) is 0 Å². The van der Waals surface area contributed by atoms with Crippen LogP contribution in [-0.2, 0) is 14.4 Å². The van der Waals surface area contributed by atoms with Gasteiger partial charge in [0.25, 0.3) is 17.7 Å². The predicted octanol–water partition coefficient (Wildman–Crippen LogP) is 1.55. The van der Waals surface area contributed by atoms with E-state index in [1.165, 1.54) is 0 Å². The molecule has 0 radical (unpaired) electrons. The summed E-state index contributed by atoms with van der Waals surface area (Å²) in [7, 11) is 0. The van der Waals surface area contributed by atoms with E-state index in [2.05, 4.69) is 21.0 Å². The maximum absolute atomic E-state index is 13.0. The molecule has 172 valence electrons. The minimum Gasteiger partial charge on any atom is -0.356 e. The maximum Gasteiger partial charge on any atom is 0.268 e. The number of halogens is 1. The van der Waals surface area contributed by atoms with E-state index < -0.39 is 29.7 Å². The number of carbonyl (C=O) groups is 4. The number of nitrogens with zero attached hydrogens (tertiary/aromatic N) is 1. The van der Waals surface area contributed by atoms with Crippen molar-refractivity contribution in [2.75, 3.05) is 19.0 Å². The molecule has 2 aromatic rings. The van der Waals surface area contributed by atoms with Crippen LogP contribution in [0.2, 0.25) is 0 Å². The number of carbonyl (C=O) groups excluding carboxylic acids is 4. The fraction of sp³-hybridized carbons (Fsp3) is 0.455. The van der Waals surface area contributed by atoms with Crippen LogP contribution in [-0.4, -0.2) is 58.6 Å². The number of nitrogens with one attached hydrogen (secondary N) is 4. The number of fused-ring (bicyclic) bond motifs is 1.